The number of ether oxygens (including phenoxy) is 1. The van der Waals surface area contributed by atoms with Crippen LogP contribution in [0.25, 0.3) is 49.9 Å². The number of hydrogen-bond acceptors (Lipinski definition) is 4. The van der Waals surface area contributed by atoms with E-state index in [-0.39, 0.29) is 42.7 Å². The number of anilines is 4. The van der Waals surface area contributed by atoms with Crippen molar-refractivity contribution in [3.05, 3.63) is 199 Å². The van der Waals surface area contributed by atoms with Gasteiger partial charge in [0, 0.05) is 61.3 Å². The number of hydrogen-bond donors (Lipinski definition) is 0. The van der Waals surface area contributed by atoms with Crippen LogP contribution >= 0.6 is 0 Å². The third-order valence-corrected chi connectivity index (χ3v) is 13.6. The van der Waals surface area contributed by atoms with Crippen LogP contribution in [-0.2, 0) is 42.7 Å². The van der Waals surface area contributed by atoms with E-state index in [1.165, 1.54) is 38.9 Å². The van der Waals surface area contributed by atoms with Gasteiger partial charge in [0.15, 0.2) is 0 Å². The first kappa shape index (κ1) is 48.6. The van der Waals surface area contributed by atoms with E-state index >= 15 is 0 Å². The van der Waals surface area contributed by atoms with Crippen LogP contribution < -0.4 is 14.5 Å². The third kappa shape index (κ3) is 9.46. The molecule has 2 aromatic heterocycles. The molecule has 70 heavy (non-hydrogen) atoms. The van der Waals surface area contributed by atoms with E-state index in [0.717, 1.165) is 55.9 Å². The Kier molecular flexibility index (Phi) is 12.5. The molecule has 0 spiro atoms. The molecule has 7 aromatic carbocycles. The summed E-state index contributed by atoms with van der Waals surface area (Å²) >= 11 is 0. The molecule has 1 aliphatic rings. The maximum absolute atomic E-state index is 6.78. The molecular weight excluding hydrogens is 1040 g/mol. The Balaban J connectivity index is 0.00000608. The van der Waals surface area contributed by atoms with Gasteiger partial charge in [0.2, 0.25) is 0 Å². The van der Waals surface area contributed by atoms with E-state index in [1.54, 1.807) is 0 Å². The van der Waals surface area contributed by atoms with Crippen LogP contribution in [0.3, 0.4) is 0 Å². The molecule has 1 aliphatic heterocycles. The van der Waals surface area contributed by atoms with E-state index in [1.807, 2.05) is 24.4 Å². The number of nitrogens with zero attached hydrogens (tertiary/aromatic N) is 4. The van der Waals surface area contributed by atoms with Gasteiger partial charge in [-0.3, -0.25) is 0 Å². The average molecular weight is 1100 g/mol. The van der Waals surface area contributed by atoms with Crippen molar-refractivity contribution in [1.29, 1.82) is 0 Å². The van der Waals surface area contributed by atoms with Crippen LogP contribution in [-0.4, -0.2) is 9.55 Å². The number of fused-ring (bicyclic) bond motifs is 4. The van der Waals surface area contributed by atoms with E-state index < -0.39 is 0 Å². The molecule has 9 aromatic rings. The van der Waals surface area contributed by atoms with Crippen molar-refractivity contribution in [3.8, 4) is 39.6 Å². The van der Waals surface area contributed by atoms with Gasteiger partial charge in [0.05, 0.1) is 0 Å². The molecule has 0 fully saturated rings. The minimum Gasteiger partial charge on any atom is -0.509 e. The van der Waals surface area contributed by atoms with Crippen molar-refractivity contribution in [1.82, 2.24) is 9.55 Å². The van der Waals surface area contributed by atoms with Gasteiger partial charge in [-0.25, -0.2) is 4.98 Å². The summed E-state index contributed by atoms with van der Waals surface area (Å²) in [6.07, 6.45) is 1.92. The fourth-order valence-electron chi connectivity index (χ4n) is 9.33. The van der Waals surface area contributed by atoms with E-state index in [9.17, 15) is 0 Å². The maximum Gasteiger partial charge on any atom is 0.135 e. The molecule has 358 valence electrons. The Hall–Kier alpha value is -6.42. The Morgan fingerprint density at radius 3 is 1.80 bits per heavy atom. The molecule has 0 amide bonds. The first-order chi connectivity index (χ1) is 32.7. The quantitative estimate of drug-likeness (QED) is 0.149. The van der Waals surface area contributed by atoms with Gasteiger partial charge in [0.25, 0.3) is 0 Å². The summed E-state index contributed by atoms with van der Waals surface area (Å²) in [4.78, 5) is 9.53. The van der Waals surface area contributed by atoms with Crippen molar-refractivity contribution in [2.75, 3.05) is 9.80 Å². The van der Waals surface area contributed by atoms with Gasteiger partial charge in [-0.05, 0) is 114 Å². The monoisotopic (exact) mass is 1100 g/mol. The van der Waals surface area contributed by atoms with Gasteiger partial charge >= 0.3 is 0 Å². The number of rotatable bonds is 7. The minimum absolute atomic E-state index is 0. The Morgan fingerprint density at radius 1 is 0.457 bits per heavy atom. The zero-order valence-corrected chi connectivity index (χ0v) is 44.9. The normalized spacial score (nSPS) is 13.2. The molecule has 0 saturated heterocycles. The fourth-order valence-corrected chi connectivity index (χ4v) is 9.33. The summed E-state index contributed by atoms with van der Waals surface area (Å²) in [5.41, 5.74) is 15.9. The number of benzene rings is 7. The summed E-state index contributed by atoms with van der Waals surface area (Å²) < 4.78 is 9.01. The van der Waals surface area contributed by atoms with Crippen LogP contribution in [0.1, 0.15) is 105 Å². The Bertz CT molecular complexity index is 3380. The molecule has 3 heterocycles. The van der Waals surface area contributed by atoms with Crippen molar-refractivity contribution in [3.63, 3.8) is 0 Å². The predicted molar refractivity (Wildman–Crippen MR) is 290 cm³/mol. The molecule has 0 saturated carbocycles. The van der Waals surface area contributed by atoms with Gasteiger partial charge in [-0.1, -0.05) is 167 Å². The van der Waals surface area contributed by atoms with E-state index in [0.29, 0.717) is 11.5 Å². The maximum atomic E-state index is 6.78. The average Bonchev–Trinajstić information content (AvgIpc) is 3.86. The smallest absolute Gasteiger partial charge is 0.135 e. The van der Waals surface area contributed by atoms with Crippen LogP contribution in [0.15, 0.2) is 158 Å². The second-order valence-electron chi connectivity index (χ2n) is 22.8. The second kappa shape index (κ2) is 18.1. The largest absolute Gasteiger partial charge is 0.509 e. The summed E-state index contributed by atoms with van der Waals surface area (Å²) in [5, 5.41) is 2.21. The van der Waals surface area contributed by atoms with Crippen molar-refractivity contribution in [2.45, 2.75) is 105 Å². The van der Waals surface area contributed by atoms with Gasteiger partial charge < -0.3 is 19.1 Å². The third-order valence-electron chi connectivity index (χ3n) is 13.6. The van der Waals surface area contributed by atoms with Crippen molar-refractivity contribution in [2.24, 2.45) is 0 Å². The summed E-state index contributed by atoms with van der Waals surface area (Å²) in [7, 11) is 0. The van der Waals surface area contributed by atoms with Crippen LogP contribution in [0.5, 0.6) is 11.5 Å². The number of pyridine rings is 1. The zero-order chi connectivity index (χ0) is 48.6. The Morgan fingerprint density at radius 2 is 1.10 bits per heavy atom. The molecule has 10 rings (SSSR count). The predicted octanol–water partition coefficient (Wildman–Crippen LogP) is 17.5. The zero-order valence-electron chi connectivity index (χ0n) is 42.6. The summed E-state index contributed by atoms with van der Waals surface area (Å²) in [5.74, 6) is 2.04. The van der Waals surface area contributed by atoms with Crippen molar-refractivity contribution < 1.29 is 25.8 Å². The van der Waals surface area contributed by atoms with Crippen LogP contribution in [0, 0.1) is 18.8 Å². The van der Waals surface area contributed by atoms with E-state index in [2.05, 4.69) is 250 Å². The van der Waals surface area contributed by atoms with Crippen molar-refractivity contribution >= 4 is 44.6 Å². The molecule has 6 heteroatoms. The molecule has 0 N–H and O–H groups in total. The van der Waals surface area contributed by atoms with Crippen LogP contribution in [0.4, 0.5) is 22.7 Å². The number of aromatic nitrogens is 2. The standard InChI is InChI=1S/C64H63N4O.Pt/c1-61(2,3)46-24-21-43(22-25-46)44-23-29-56-55(35-44)54-28-27-53(40-58(54)68(56)60-38-48(31-32-65-60)63(7,8)9)69-52-20-16-19-50(39-52)66-41-67(57-30-26-47(37-59(57)66)62(4,5)6)51-34-45(42-17-14-13-15-18-42)33-49(36-51)64(10,11)12;/h13-38,41H,1-12H3;/q-3;. The van der Waals surface area contributed by atoms with E-state index in [4.69, 9.17) is 9.72 Å². The minimum atomic E-state index is -0.0550. The topological polar surface area (TPSA) is 33.5 Å². The molecule has 5 nitrogen and oxygen atoms in total. The second-order valence-corrected chi connectivity index (χ2v) is 22.8. The first-order valence-corrected chi connectivity index (χ1v) is 24.3. The van der Waals surface area contributed by atoms with Gasteiger partial charge in [-0.15, -0.1) is 48.1 Å². The summed E-state index contributed by atoms with van der Waals surface area (Å²) in [6.45, 7) is 29.3. The SMILES string of the molecule is CC(C)(C)c1ccc(-c2ccc3c(c2)c2ccc(Oc4[c-]c(N5[CH-]N(c6cc(-c7ccccc7)cc(C(C)(C)C)c6)c6ccc(C(C)(C)C)cc65)ccc4)[c-]c2n3-c2cc(C(C)(C)C)ccn2)cc1.[Pt]. The van der Waals surface area contributed by atoms with Gasteiger partial charge in [0.1, 0.15) is 5.82 Å². The summed E-state index contributed by atoms with van der Waals surface area (Å²) in [6, 6.07) is 62.3. The Labute approximate surface area is 430 Å². The molecule has 0 radical (unpaired) electrons. The van der Waals surface area contributed by atoms with Crippen LogP contribution in [0.2, 0.25) is 0 Å². The molecule has 0 bridgehead atoms. The fraction of sp³-hybridized carbons (Fsp3) is 0.250. The molecular formula is C64H63N4OPt-3. The molecule has 0 atom stereocenters. The van der Waals surface area contributed by atoms with Gasteiger partial charge in [-0.2, -0.15) is 12.1 Å². The molecule has 0 aliphatic carbocycles. The first-order valence-electron chi connectivity index (χ1n) is 24.3. The molecule has 0 unspecified atom stereocenters.